The summed E-state index contributed by atoms with van der Waals surface area (Å²) in [4.78, 5) is 0. The average Bonchev–Trinajstić information content (AvgIpc) is 3.08. The van der Waals surface area contributed by atoms with Crippen molar-refractivity contribution in [3.8, 4) is 11.8 Å². The van der Waals surface area contributed by atoms with Gasteiger partial charge in [-0.15, -0.1) is 0 Å². The summed E-state index contributed by atoms with van der Waals surface area (Å²) >= 11 is 1.24. The average molecular weight is 334 g/mol. The molecule has 0 bridgehead atoms. The quantitative estimate of drug-likeness (QED) is 0.610. The van der Waals surface area contributed by atoms with Crippen LogP contribution in [0.3, 0.4) is 0 Å². The Morgan fingerprint density at radius 2 is 1.83 bits per heavy atom. The summed E-state index contributed by atoms with van der Waals surface area (Å²) in [6.45, 7) is 6.75. The van der Waals surface area contributed by atoms with Crippen LogP contribution in [0.15, 0.2) is 36.4 Å². The molecule has 2 aromatic carbocycles. The van der Waals surface area contributed by atoms with E-state index in [1.54, 1.807) is 0 Å². The Kier molecular flexibility index (Phi) is 5.27. The summed E-state index contributed by atoms with van der Waals surface area (Å²) in [5.41, 5.74) is 6.73. The van der Waals surface area contributed by atoms with Gasteiger partial charge >= 0.3 is 0 Å². The third-order valence-electron chi connectivity index (χ3n) is 4.43. The second kappa shape index (κ2) is 7.59. The summed E-state index contributed by atoms with van der Waals surface area (Å²) in [5, 5.41) is 0. The van der Waals surface area contributed by atoms with E-state index >= 15 is 0 Å². The molecule has 3 aromatic rings. The van der Waals surface area contributed by atoms with Gasteiger partial charge in [-0.05, 0) is 54.2 Å². The van der Waals surface area contributed by atoms with Gasteiger partial charge in [-0.1, -0.05) is 51.2 Å². The van der Waals surface area contributed by atoms with Gasteiger partial charge in [0.1, 0.15) is 11.0 Å². The number of hydrogen-bond donors (Lipinski definition) is 0. The highest BCUT2D eigenvalue weighted by atomic mass is 32.1. The predicted octanol–water partition coefficient (Wildman–Crippen LogP) is 5.24. The van der Waals surface area contributed by atoms with Crippen molar-refractivity contribution in [1.29, 1.82) is 0 Å². The number of aromatic nitrogens is 2. The highest BCUT2D eigenvalue weighted by Crippen LogP contribution is 2.17. The summed E-state index contributed by atoms with van der Waals surface area (Å²) in [6, 6.07) is 12.7. The molecule has 0 N–H and O–H groups in total. The highest BCUT2D eigenvalue weighted by molar-refractivity contribution is 7.00. The Labute approximate surface area is 148 Å². The van der Waals surface area contributed by atoms with E-state index in [2.05, 4.69) is 59.6 Å². The van der Waals surface area contributed by atoms with Gasteiger partial charge in [0.25, 0.3) is 0 Å². The van der Waals surface area contributed by atoms with Crippen LogP contribution in [-0.2, 0) is 12.8 Å². The molecule has 0 radical (unpaired) electrons. The fourth-order valence-electron chi connectivity index (χ4n) is 2.73. The zero-order valence-corrected chi connectivity index (χ0v) is 15.3. The lowest BCUT2D eigenvalue weighted by Crippen LogP contribution is -1.99. The van der Waals surface area contributed by atoms with Gasteiger partial charge in [0, 0.05) is 11.1 Å². The Morgan fingerprint density at radius 3 is 2.62 bits per heavy atom. The van der Waals surface area contributed by atoms with Crippen LogP contribution in [0.5, 0.6) is 0 Å². The van der Waals surface area contributed by atoms with Gasteiger partial charge in [-0.3, -0.25) is 0 Å². The number of aryl methyl sites for hydroxylation is 1. The van der Waals surface area contributed by atoms with Crippen LogP contribution in [0.25, 0.3) is 11.0 Å². The molecule has 0 spiro atoms. The minimum absolute atomic E-state index is 0.727. The van der Waals surface area contributed by atoms with E-state index < -0.39 is 0 Å². The first-order valence-corrected chi connectivity index (χ1v) is 9.28. The van der Waals surface area contributed by atoms with Gasteiger partial charge in [-0.2, -0.15) is 8.75 Å². The SMILES string of the molecule is CCc1cc(CC(C)CC)ccc1C#Cc1ccc2nsnc2c1. The third-order valence-corrected chi connectivity index (χ3v) is 4.98. The van der Waals surface area contributed by atoms with E-state index in [-0.39, 0.29) is 0 Å². The van der Waals surface area contributed by atoms with E-state index in [1.807, 2.05) is 18.2 Å². The third kappa shape index (κ3) is 3.83. The molecule has 0 aliphatic rings. The van der Waals surface area contributed by atoms with Crippen molar-refractivity contribution < 1.29 is 0 Å². The topological polar surface area (TPSA) is 25.8 Å². The lowest BCUT2D eigenvalue weighted by molar-refractivity contribution is 0.560. The van der Waals surface area contributed by atoms with Crippen LogP contribution >= 0.6 is 11.7 Å². The molecular formula is C21H22N2S. The number of fused-ring (bicyclic) bond motifs is 1. The molecule has 0 saturated carbocycles. The molecule has 0 aliphatic heterocycles. The first-order chi connectivity index (χ1) is 11.7. The van der Waals surface area contributed by atoms with Crippen LogP contribution in [-0.4, -0.2) is 8.75 Å². The normalized spacial score (nSPS) is 12.0. The largest absolute Gasteiger partial charge is 0.173 e. The molecule has 1 atom stereocenters. The summed E-state index contributed by atoms with van der Waals surface area (Å²) in [5.74, 6) is 7.34. The maximum atomic E-state index is 4.28. The monoisotopic (exact) mass is 334 g/mol. The maximum Gasteiger partial charge on any atom is 0.106 e. The molecule has 1 aromatic heterocycles. The van der Waals surface area contributed by atoms with Gasteiger partial charge in [0.2, 0.25) is 0 Å². The molecule has 0 amide bonds. The first-order valence-electron chi connectivity index (χ1n) is 8.55. The number of hydrogen-bond acceptors (Lipinski definition) is 3. The Morgan fingerprint density at radius 1 is 1.00 bits per heavy atom. The molecule has 3 rings (SSSR count). The van der Waals surface area contributed by atoms with Crippen molar-refractivity contribution in [3.63, 3.8) is 0 Å². The molecular weight excluding hydrogens is 312 g/mol. The van der Waals surface area contributed by atoms with E-state index in [0.717, 1.165) is 40.9 Å². The maximum absolute atomic E-state index is 4.28. The zero-order valence-electron chi connectivity index (χ0n) is 14.5. The lowest BCUT2D eigenvalue weighted by Gasteiger charge is -2.10. The van der Waals surface area contributed by atoms with Crippen LogP contribution < -0.4 is 0 Å². The molecule has 1 unspecified atom stereocenters. The summed E-state index contributed by atoms with van der Waals surface area (Å²) < 4.78 is 8.51. The van der Waals surface area contributed by atoms with Crippen molar-refractivity contribution in [2.45, 2.75) is 40.0 Å². The van der Waals surface area contributed by atoms with Crippen molar-refractivity contribution in [3.05, 3.63) is 58.7 Å². The molecule has 0 saturated heterocycles. The molecule has 1 heterocycles. The first kappa shape index (κ1) is 16.7. The molecule has 3 heteroatoms. The van der Waals surface area contributed by atoms with E-state index in [4.69, 9.17) is 0 Å². The van der Waals surface area contributed by atoms with E-state index in [0.29, 0.717) is 0 Å². The highest BCUT2D eigenvalue weighted by Gasteiger charge is 2.05. The minimum Gasteiger partial charge on any atom is -0.173 e. The zero-order chi connectivity index (χ0) is 16.9. The van der Waals surface area contributed by atoms with Gasteiger partial charge in [-0.25, -0.2) is 0 Å². The fourth-order valence-corrected chi connectivity index (χ4v) is 3.25. The van der Waals surface area contributed by atoms with Crippen LogP contribution in [0, 0.1) is 17.8 Å². The number of rotatable bonds is 4. The molecule has 122 valence electrons. The molecule has 2 nitrogen and oxygen atoms in total. The Balaban J connectivity index is 1.86. The predicted molar refractivity (Wildman–Crippen MR) is 102 cm³/mol. The van der Waals surface area contributed by atoms with Crippen LogP contribution in [0.4, 0.5) is 0 Å². The van der Waals surface area contributed by atoms with Crippen molar-refractivity contribution in [2.75, 3.05) is 0 Å². The lowest BCUT2D eigenvalue weighted by atomic mass is 9.95. The Bertz CT molecular complexity index is 899. The smallest absolute Gasteiger partial charge is 0.106 e. The molecule has 24 heavy (non-hydrogen) atoms. The van der Waals surface area contributed by atoms with E-state index in [1.165, 1.54) is 29.3 Å². The van der Waals surface area contributed by atoms with Gasteiger partial charge < -0.3 is 0 Å². The van der Waals surface area contributed by atoms with Gasteiger partial charge in [0.05, 0.1) is 11.7 Å². The van der Waals surface area contributed by atoms with Crippen LogP contribution in [0.2, 0.25) is 0 Å². The number of nitrogens with zero attached hydrogens (tertiary/aromatic N) is 2. The summed E-state index contributed by atoms with van der Waals surface area (Å²) in [6.07, 6.45) is 3.37. The van der Waals surface area contributed by atoms with Crippen molar-refractivity contribution >= 4 is 22.8 Å². The van der Waals surface area contributed by atoms with Crippen molar-refractivity contribution in [2.24, 2.45) is 5.92 Å². The fraction of sp³-hybridized carbons (Fsp3) is 0.333. The Hall–Kier alpha value is -2.18. The summed E-state index contributed by atoms with van der Waals surface area (Å²) in [7, 11) is 0. The minimum atomic E-state index is 0.727. The number of benzene rings is 2. The van der Waals surface area contributed by atoms with Crippen molar-refractivity contribution in [1.82, 2.24) is 8.75 Å². The second-order valence-corrected chi connectivity index (χ2v) is 6.81. The van der Waals surface area contributed by atoms with E-state index in [9.17, 15) is 0 Å². The van der Waals surface area contributed by atoms with Gasteiger partial charge in [0.15, 0.2) is 0 Å². The van der Waals surface area contributed by atoms with Crippen LogP contribution in [0.1, 0.15) is 49.4 Å². The molecule has 0 aliphatic carbocycles. The standard InChI is InChI=1S/C21H22N2S/c1-4-15(3)12-17-7-10-19(18(5-2)13-17)9-6-16-8-11-20-21(14-16)23-24-22-20/h7-8,10-11,13-15H,4-5,12H2,1-3H3. The second-order valence-electron chi connectivity index (χ2n) is 6.28. The molecule has 0 fully saturated rings.